The molecular formula is C21H20ClN3O6S. The van der Waals surface area contributed by atoms with E-state index in [4.69, 9.17) is 20.9 Å². The highest BCUT2D eigenvalue weighted by molar-refractivity contribution is 7.90. The van der Waals surface area contributed by atoms with Crippen LogP contribution in [0.15, 0.2) is 59.1 Å². The minimum Gasteiger partial charge on any atom is -0.497 e. The first-order chi connectivity index (χ1) is 15.3. The summed E-state index contributed by atoms with van der Waals surface area (Å²) in [5.74, 6) is -0.170. The fourth-order valence-corrected chi connectivity index (χ4v) is 5.45. The van der Waals surface area contributed by atoms with Crippen LogP contribution in [0.4, 0.5) is 5.69 Å². The molecule has 0 saturated carbocycles. The van der Waals surface area contributed by atoms with Crippen LogP contribution in [-0.2, 0) is 21.5 Å². The third-order valence-electron chi connectivity index (χ3n) is 5.08. The van der Waals surface area contributed by atoms with Gasteiger partial charge in [0.05, 0.1) is 38.2 Å². The number of aromatic nitrogens is 1. The Morgan fingerprint density at radius 2 is 1.94 bits per heavy atom. The van der Waals surface area contributed by atoms with Gasteiger partial charge in [0.2, 0.25) is 5.76 Å². The number of hydrogen-bond acceptors (Lipinski definition) is 7. The Morgan fingerprint density at radius 1 is 1.19 bits per heavy atom. The Hall–Kier alpha value is -3.08. The summed E-state index contributed by atoms with van der Waals surface area (Å²) >= 11 is 6.01. The maximum Gasteiger partial charge on any atom is 0.376 e. The molecule has 9 nitrogen and oxygen atoms in total. The molecule has 1 aliphatic heterocycles. The van der Waals surface area contributed by atoms with E-state index >= 15 is 0 Å². The highest BCUT2D eigenvalue weighted by Crippen LogP contribution is 2.40. The van der Waals surface area contributed by atoms with E-state index in [1.54, 1.807) is 43.5 Å². The lowest BCUT2D eigenvalue weighted by Gasteiger charge is -2.25. The molecule has 0 bridgehead atoms. The Balaban J connectivity index is 1.72. The average Bonchev–Trinajstić information content (AvgIpc) is 3.36. The minimum atomic E-state index is -3.94. The van der Waals surface area contributed by atoms with Crippen LogP contribution < -0.4 is 9.04 Å². The van der Waals surface area contributed by atoms with Crippen molar-refractivity contribution >= 4 is 33.5 Å². The molecule has 1 atom stereocenters. The van der Waals surface area contributed by atoms with Gasteiger partial charge >= 0.3 is 16.2 Å². The molecule has 0 radical (unpaired) electrons. The van der Waals surface area contributed by atoms with Crippen molar-refractivity contribution in [3.05, 3.63) is 76.6 Å². The molecule has 0 aliphatic carbocycles. The SMILES string of the molecule is COC(=O)c1cc(CN2CC(c3cccc(OC)c3)N(c3ccc(Cl)cc3)S2(=O)=O)no1. The number of ether oxygens (including phenoxy) is 2. The van der Waals surface area contributed by atoms with E-state index in [9.17, 15) is 13.2 Å². The predicted octanol–water partition coefficient (Wildman–Crippen LogP) is 3.43. The molecule has 1 aliphatic rings. The van der Waals surface area contributed by atoms with Crippen LogP contribution in [0, 0.1) is 0 Å². The summed E-state index contributed by atoms with van der Waals surface area (Å²) in [6, 6.07) is 14.7. The summed E-state index contributed by atoms with van der Waals surface area (Å²) in [6.07, 6.45) is 0. The van der Waals surface area contributed by atoms with Gasteiger partial charge in [-0.2, -0.15) is 12.7 Å². The van der Waals surface area contributed by atoms with Crippen molar-refractivity contribution in [3.8, 4) is 5.75 Å². The minimum absolute atomic E-state index is 0.0760. The monoisotopic (exact) mass is 477 g/mol. The summed E-state index contributed by atoms with van der Waals surface area (Å²) in [4.78, 5) is 11.6. The highest BCUT2D eigenvalue weighted by atomic mass is 35.5. The molecule has 1 fully saturated rings. The van der Waals surface area contributed by atoms with Crippen molar-refractivity contribution in [1.29, 1.82) is 0 Å². The number of halogens is 1. The van der Waals surface area contributed by atoms with Crippen molar-refractivity contribution in [3.63, 3.8) is 0 Å². The molecule has 32 heavy (non-hydrogen) atoms. The fourth-order valence-electron chi connectivity index (χ4n) is 3.55. The van der Waals surface area contributed by atoms with Gasteiger partial charge in [-0.1, -0.05) is 28.9 Å². The van der Waals surface area contributed by atoms with Crippen LogP contribution >= 0.6 is 11.6 Å². The predicted molar refractivity (Wildman–Crippen MR) is 117 cm³/mol. The second kappa shape index (κ2) is 8.81. The number of hydrogen-bond donors (Lipinski definition) is 0. The molecule has 1 saturated heterocycles. The number of rotatable bonds is 6. The number of benzene rings is 2. The van der Waals surface area contributed by atoms with E-state index in [-0.39, 0.29) is 24.5 Å². The van der Waals surface area contributed by atoms with Crippen molar-refractivity contribution < 1.29 is 27.2 Å². The number of carbonyl (C=O) groups is 1. The fraction of sp³-hybridized carbons (Fsp3) is 0.238. The van der Waals surface area contributed by atoms with Gasteiger partial charge in [-0.3, -0.25) is 0 Å². The first-order valence-electron chi connectivity index (χ1n) is 9.56. The molecule has 3 aromatic rings. The summed E-state index contributed by atoms with van der Waals surface area (Å²) in [5.41, 5.74) is 1.53. The first-order valence-corrected chi connectivity index (χ1v) is 11.3. The maximum absolute atomic E-state index is 13.6. The summed E-state index contributed by atoms with van der Waals surface area (Å²) < 4.78 is 44.6. The van der Waals surface area contributed by atoms with Crippen LogP contribution in [0.3, 0.4) is 0 Å². The van der Waals surface area contributed by atoms with Gasteiger partial charge in [0.25, 0.3) is 0 Å². The van der Waals surface area contributed by atoms with Crippen molar-refractivity contribution in [2.75, 3.05) is 25.1 Å². The average molecular weight is 478 g/mol. The van der Waals surface area contributed by atoms with Crippen molar-refractivity contribution in [2.45, 2.75) is 12.6 Å². The van der Waals surface area contributed by atoms with Gasteiger partial charge in [0, 0.05) is 17.6 Å². The maximum atomic E-state index is 13.6. The van der Waals surface area contributed by atoms with Crippen LogP contribution in [0.1, 0.15) is 27.9 Å². The molecule has 168 valence electrons. The van der Waals surface area contributed by atoms with E-state index in [1.165, 1.54) is 21.8 Å². The quantitative estimate of drug-likeness (QED) is 0.501. The Bertz CT molecular complexity index is 1230. The molecule has 2 aromatic carbocycles. The Morgan fingerprint density at radius 3 is 2.62 bits per heavy atom. The number of carbonyl (C=O) groups excluding carboxylic acids is 1. The molecule has 0 spiro atoms. The Labute approximate surface area is 190 Å². The standard InChI is InChI=1S/C21H20ClN3O6S/c1-29-18-5-3-4-14(10-18)19-13-24(12-16-11-20(31-23-16)21(26)30-2)32(27,28)25(19)17-8-6-15(22)7-9-17/h3-11,19H,12-13H2,1-2H3. The van der Waals surface area contributed by atoms with Gasteiger partial charge in [0.1, 0.15) is 5.75 Å². The van der Waals surface area contributed by atoms with Gasteiger partial charge < -0.3 is 14.0 Å². The number of esters is 1. The molecule has 4 rings (SSSR count). The van der Waals surface area contributed by atoms with Crippen molar-refractivity contribution in [1.82, 2.24) is 9.46 Å². The number of nitrogens with zero attached hydrogens (tertiary/aromatic N) is 3. The third-order valence-corrected chi connectivity index (χ3v) is 7.22. The lowest BCUT2D eigenvalue weighted by Crippen LogP contribution is -2.33. The van der Waals surface area contributed by atoms with Crippen LogP contribution in [0.5, 0.6) is 5.75 Å². The smallest absolute Gasteiger partial charge is 0.376 e. The second-order valence-corrected chi connectivity index (χ2v) is 9.28. The molecule has 1 aromatic heterocycles. The first kappa shape index (κ1) is 22.1. The van der Waals surface area contributed by atoms with E-state index in [0.29, 0.717) is 16.5 Å². The van der Waals surface area contributed by atoms with Gasteiger partial charge in [0.15, 0.2) is 0 Å². The van der Waals surface area contributed by atoms with Crippen LogP contribution in [0.2, 0.25) is 5.02 Å². The van der Waals surface area contributed by atoms with Crippen LogP contribution in [-0.4, -0.2) is 44.6 Å². The van der Waals surface area contributed by atoms with Gasteiger partial charge in [-0.25, -0.2) is 9.10 Å². The van der Waals surface area contributed by atoms with E-state index in [2.05, 4.69) is 9.89 Å². The summed E-state index contributed by atoms with van der Waals surface area (Å²) in [6.45, 7) is 0.0753. The molecule has 11 heteroatoms. The zero-order valence-electron chi connectivity index (χ0n) is 17.3. The van der Waals surface area contributed by atoms with Crippen LogP contribution in [0.25, 0.3) is 0 Å². The van der Waals surface area contributed by atoms with Crippen molar-refractivity contribution in [2.24, 2.45) is 0 Å². The third kappa shape index (κ3) is 4.16. The van der Waals surface area contributed by atoms with E-state index < -0.39 is 22.2 Å². The summed E-state index contributed by atoms with van der Waals surface area (Å²) in [5, 5.41) is 4.31. The van der Waals surface area contributed by atoms with Gasteiger partial charge in [-0.05, 0) is 42.0 Å². The molecule has 0 N–H and O–H groups in total. The number of anilines is 1. The molecule has 0 amide bonds. The highest BCUT2D eigenvalue weighted by Gasteiger charge is 2.45. The zero-order valence-corrected chi connectivity index (χ0v) is 18.8. The normalized spacial score (nSPS) is 18.0. The van der Waals surface area contributed by atoms with E-state index in [1.807, 2.05) is 12.1 Å². The topological polar surface area (TPSA) is 102 Å². The number of methoxy groups -OCH3 is 2. The Kier molecular flexibility index (Phi) is 6.09. The molecule has 1 unspecified atom stereocenters. The molecular weight excluding hydrogens is 458 g/mol. The lowest BCUT2D eigenvalue weighted by atomic mass is 10.1. The van der Waals surface area contributed by atoms with Gasteiger partial charge in [-0.15, -0.1) is 0 Å². The second-order valence-electron chi connectivity index (χ2n) is 7.04. The largest absolute Gasteiger partial charge is 0.497 e. The summed E-state index contributed by atoms with van der Waals surface area (Å²) in [7, 11) is -1.17. The zero-order chi connectivity index (χ0) is 22.9. The van der Waals surface area contributed by atoms with E-state index in [0.717, 1.165) is 5.56 Å². The molecule has 2 heterocycles. The lowest BCUT2D eigenvalue weighted by molar-refractivity contribution is 0.0554.